The van der Waals surface area contributed by atoms with Gasteiger partial charge >= 0.3 is 5.97 Å². The Morgan fingerprint density at radius 2 is 2.30 bits per heavy atom. The number of likely N-dealkylation sites (tertiary alicyclic amines) is 1. The Morgan fingerprint density at radius 3 is 3.15 bits per heavy atom. The van der Waals surface area contributed by atoms with Crippen molar-refractivity contribution < 1.29 is 14.3 Å². The molecular formula is C16H19NO3. The van der Waals surface area contributed by atoms with Crippen LogP contribution in [0, 0.1) is 11.8 Å². The minimum atomic E-state index is -0.219. The minimum absolute atomic E-state index is 0.219. The summed E-state index contributed by atoms with van der Waals surface area (Å²) >= 11 is 0. The third kappa shape index (κ3) is 1.99. The van der Waals surface area contributed by atoms with Gasteiger partial charge in [-0.05, 0) is 37.1 Å². The highest BCUT2D eigenvalue weighted by Crippen LogP contribution is 2.46. The third-order valence-corrected chi connectivity index (χ3v) is 4.78. The molecule has 0 unspecified atom stereocenters. The second kappa shape index (κ2) is 4.48. The van der Waals surface area contributed by atoms with Crippen molar-refractivity contribution in [2.75, 3.05) is 19.6 Å². The number of hydrogen-bond donors (Lipinski definition) is 0. The van der Waals surface area contributed by atoms with E-state index in [0.717, 1.165) is 36.2 Å². The predicted octanol–water partition coefficient (Wildman–Crippen LogP) is 2.08. The lowest BCUT2D eigenvalue weighted by atomic mass is 10.1. The number of carbonyl (C=O) groups is 1. The molecule has 2 heterocycles. The fraction of sp³-hybridized carbons (Fsp3) is 0.562. The van der Waals surface area contributed by atoms with E-state index in [1.165, 1.54) is 13.0 Å². The largest absolute Gasteiger partial charge is 0.489 e. The van der Waals surface area contributed by atoms with Gasteiger partial charge in [-0.1, -0.05) is 6.92 Å². The number of likely N-dealkylation sites (N-methyl/N-ethyl adjacent to an activating group) is 1. The summed E-state index contributed by atoms with van der Waals surface area (Å²) in [6, 6.07) is 5.68. The molecule has 0 amide bonds. The molecule has 106 valence electrons. The number of esters is 1. The highest BCUT2D eigenvalue weighted by Gasteiger charge is 2.48. The SMILES string of the molecule is CCN1C[C@@H]2C[C@@H]2[C@H](Oc2ccc3c(c2)COC3=O)C1. The first-order chi connectivity index (χ1) is 9.74. The molecule has 20 heavy (non-hydrogen) atoms. The molecule has 0 bridgehead atoms. The van der Waals surface area contributed by atoms with Gasteiger partial charge in [-0.15, -0.1) is 0 Å². The van der Waals surface area contributed by atoms with Crippen LogP contribution in [0.4, 0.5) is 0 Å². The maximum Gasteiger partial charge on any atom is 0.338 e. The van der Waals surface area contributed by atoms with Crippen LogP contribution in [0.25, 0.3) is 0 Å². The molecule has 4 heteroatoms. The van der Waals surface area contributed by atoms with E-state index in [1.54, 1.807) is 0 Å². The van der Waals surface area contributed by atoms with Crippen molar-refractivity contribution in [3.05, 3.63) is 29.3 Å². The first kappa shape index (κ1) is 12.2. The number of benzene rings is 1. The molecule has 1 aromatic rings. The van der Waals surface area contributed by atoms with Crippen molar-refractivity contribution >= 4 is 5.97 Å². The van der Waals surface area contributed by atoms with Gasteiger partial charge < -0.3 is 9.47 Å². The maximum atomic E-state index is 11.4. The Morgan fingerprint density at radius 1 is 1.40 bits per heavy atom. The Balaban J connectivity index is 1.50. The highest BCUT2D eigenvalue weighted by atomic mass is 16.5. The van der Waals surface area contributed by atoms with Crippen LogP contribution in [0.3, 0.4) is 0 Å². The van der Waals surface area contributed by atoms with Gasteiger partial charge in [-0.3, -0.25) is 4.90 Å². The molecule has 0 radical (unpaired) electrons. The van der Waals surface area contributed by atoms with Crippen LogP contribution < -0.4 is 4.74 Å². The molecule has 4 rings (SSSR count). The first-order valence-corrected chi connectivity index (χ1v) is 7.43. The molecule has 1 aliphatic carbocycles. The highest BCUT2D eigenvalue weighted by molar-refractivity contribution is 5.93. The van der Waals surface area contributed by atoms with Gasteiger partial charge in [0.1, 0.15) is 18.5 Å². The van der Waals surface area contributed by atoms with E-state index >= 15 is 0 Å². The predicted molar refractivity (Wildman–Crippen MR) is 73.7 cm³/mol. The maximum absolute atomic E-state index is 11.4. The molecule has 4 nitrogen and oxygen atoms in total. The molecule has 0 spiro atoms. The number of cyclic esters (lactones) is 1. The van der Waals surface area contributed by atoms with Crippen LogP contribution in [0.15, 0.2) is 18.2 Å². The van der Waals surface area contributed by atoms with E-state index in [4.69, 9.17) is 9.47 Å². The minimum Gasteiger partial charge on any atom is -0.489 e. The van der Waals surface area contributed by atoms with Crippen molar-refractivity contribution in [2.24, 2.45) is 11.8 Å². The Hall–Kier alpha value is -1.55. The second-order valence-corrected chi connectivity index (χ2v) is 6.06. The van der Waals surface area contributed by atoms with Crippen LogP contribution in [0.1, 0.15) is 29.3 Å². The number of piperidine rings is 1. The van der Waals surface area contributed by atoms with E-state index in [1.807, 2.05) is 18.2 Å². The van der Waals surface area contributed by atoms with Gasteiger partial charge in [0, 0.05) is 24.6 Å². The molecule has 2 aliphatic heterocycles. The van der Waals surface area contributed by atoms with Crippen LogP contribution in [-0.4, -0.2) is 36.6 Å². The summed E-state index contributed by atoms with van der Waals surface area (Å²) in [5.74, 6) is 2.20. The summed E-state index contributed by atoms with van der Waals surface area (Å²) in [6.07, 6.45) is 1.60. The first-order valence-electron chi connectivity index (χ1n) is 7.43. The fourth-order valence-electron chi connectivity index (χ4n) is 3.47. The number of carbonyl (C=O) groups excluding carboxylic acids is 1. The van der Waals surface area contributed by atoms with E-state index in [0.29, 0.717) is 18.3 Å². The zero-order valence-corrected chi connectivity index (χ0v) is 11.7. The van der Waals surface area contributed by atoms with Crippen molar-refractivity contribution in [3.8, 4) is 5.75 Å². The lowest BCUT2D eigenvalue weighted by molar-refractivity contribution is 0.0534. The molecule has 2 fully saturated rings. The Labute approximate surface area is 118 Å². The smallest absolute Gasteiger partial charge is 0.338 e. The zero-order valence-electron chi connectivity index (χ0n) is 11.7. The number of nitrogens with zero attached hydrogens (tertiary/aromatic N) is 1. The summed E-state index contributed by atoms with van der Waals surface area (Å²) < 4.78 is 11.2. The van der Waals surface area contributed by atoms with Crippen molar-refractivity contribution in [2.45, 2.75) is 26.1 Å². The van der Waals surface area contributed by atoms with Crippen molar-refractivity contribution in [1.29, 1.82) is 0 Å². The van der Waals surface area contributed by atoms with E-state index in [-0.39, 0.29) is 5.97 Å². The summed E-state index contributed by atoms with van der Waals surface area (Å²) in [6.45, 7) is 5.93. The molecule has 1 saturated carbocycles. The van der Waals surface area contributed by atoms with Crippen LogP contribution in [0.2, 0.25) is 0 Å². The average Bonchev–Trinajstić information content (AvgIpc) is 3.16. The van der Waals surface area contributed by atoms with E-state index in [2.05, 4.69) is 11.8 Å². The summed E-state index contributed by atoms with van der Waals surface area (Å²) in [4.78, 5) is 13.9. The fourth-order valence-corrected chi connectivity index (χ4v) is 3.47. The van der Waals surface area contributed by atoms with Gasteiger partial charge in [-0.25, -0.2) is 4.79 Å². The third-order valence-electron chi connectivity index (χ3n) is 4.78. The Kier molecular flexibility index (Phi) is 2.74. The van der Waals surface area contributed by atoms with E-state index in [9.17, 15) is 4.79 Å². The molecule has 0 N–H and O–H groups in total. The van der Waals surface area contributed by atoms with Gasteiger partial charge in [0.15, 0.2) is 0 Å². The molecule has 1 saturated heterocycles. The number of hydrogen-bond acceptors (Lipinski definition) is 4. The molecule has 3 aliphatic rings. The van der Waals surface area contributed by atoms with Gasteiger partial charge in [0.25, 0.3) is 0 Å². The quantitative estimate of drug-likeness (QED) is 0.790. The zero-order chi connectivity index (χ0) is 13.7. The number of rotatable bonds is 3. The molecule has 3 atom stereocenters. The summed E-state index contributed by atoms with van der Waals surface area (Å²) in [5, 5.41) is 0. The summed E-state index contributed by atoms with van der Waals surface area (Å²) in [5.41, 5.74) is 1.63. The van der Waals surface area contributed by atoms with Crippen LogP contribution in [-0.2, 0) is 11.3 Å². The molecular weight excluding hydrogens is 254 g/mol. The lowest BCUT2D eigenvalue weighted by Crippen LogP contribution is -2.42. The standard InChI is InChI=1S/C16H19NO3/c1-2-17-7-10-6-14(10)15(8-17)20-12-3-4-13-11(5-12)9-19-16(13)18/h3-5,10,14-15H,2,6-9H2,1H3/t10-,14-,15+/m0/s1. The van der Waals surface area contributed by atoms with E-state index < -0.39 is 0 Å². The number of fused-ring (bicyclic) bond motifs is 2. The lowest BCUT2D eigenvalue weighted by Gasteiger charge is -2.31. The summed E-state index contributed by atoms with van der Waals surface area (Å²) in [7, 11) is 0. The molecule has 0 aromatic heterocycles. The number of ether oxygens (including phenoxy) is 2. The monoisotopic (exact) mass is 273 g/mol. The van der Waals surface area contributed by atoms with Crippen molar-refractivity contribution in [3.63, 3.8) is 0 Å². The average molecular weight is 273 g/mol. The van der Waals surface area contributed by atoms with Crippen LogP contribution in [0.5, 0.6) is 5.75 Å². The Bertz CT molecular complexity index is 557. The molecule has 1 aromatic carbocycles. The second-order valence-electron chi connectivity index (χ2n) is 6.06. The van der Waals surface area contributed by atoms with Crippen LogP contribution >= 0.6 is 0 Å². The van der Waals surface area contributed by atoms with Gasteiger partial charge in [0.2, 0.25) is 0 Å². The van der Waals surface area contributed by atoms with Crippen molar-refractivity contribution in [1.82, 2.24) is 4.90 Å². The van der Waals surface area contributed by atoms with Gasteiger partial charge in [-0.2, -0.15) is 0 Å². The normalized spacial score (nSPS) is 31.4. The topological polar surface area (TPSA) is 38.8 Å². The van der Waals surface area contributed by atoms with Gasteiger partial charge in [0.05, 0.1) is 5.56 Å².